The molecule has 0 saturated heterocycles. The van der Waals surface area contributed by atoms with Gasteiger partial charge in [-0.2, -0.15) is 0 Å². The molecule has 2 aromatic rings. The number of hydrogen-bond acceptors (Lipinski definition) is 6. The SMILES string of the molecule is CN(CC(=O)Nc1nc(-c2cccnc2)cs1)C(=O)OC(C)(C)C. The number of hydrogen-bond donors (Lipinski definition) is 1. The predicted octanol–water partition coefficient (Wildman–Crippen LogP) is 3.01. The number of ether oxygens (including phenoxy) is 1. The number of nitrogens with one attached hydrogen (secondary N) is 1. The van der Waals surface area contributed by atoms with Crippen LogP contribution in [0.15, 0.2) is 29.9 Å². The van der Waals surface area contributed by atoms with Crippen molar-refractivity contribution >= 4 is 28.5 Å². The molecule has 2 rings (SSSR count). The van der Waals surface area contributed by atoms with E-state index in [1.807, 2.05) is 17.5 Å². The zero-order valence-corrected chi connectivity index (χ0v) is 14.9. The summed E-state index contributed by atoms with van der Waals surface area (Å²) in [6, 6.07) is 3.71. The van der Waals surface area contributed by atoms with Gasteiger partial charge < -0.3 is 15.0 Å². The van der Waals surface area contributed by atoms with Crippen LogP contribution < -0.4 is 5.32 Å². The van der Waals surface area contributed by atoms with E-state index in [-0.39, 0.29) is 12.5 Å². The van der Waals surface area contributed by atoms with E-state index in [0.29, 0.717) is 5.13 Å². The van der Waals surface area contributed by atoms with Crippen LogP contribution in [0.5, 0.6) is 0 Å². The van der Waals surface area contributed by atoms with Gasteiger partial charge in [-0.3, -0.25) is 9.78 Å². The Kier molecular flexibility index (Phi) is 5.50. The van der Waals surface area contributed by atoms with Crippen molar-refractivity contribution in [3.63, 3.8) is 0 Å². The number of rotatable bonds is 4. The lowest BCUT2D eigenvalue weighted by atomic mass is 10.2. The second-order valence-corrected chi connectivity index (χ2v) is 7.02. The predicted molar refractivity (Wildman–Crippen MR) is 92.8 cm³/mol. The van der Waals surface area contributed by atoms with Gasteiger partial charge in [0.25, 0.3) is 0 Å². The number of aromatic nitrogens is 2. The topological polar surface area (TPSA) is 84.4 Å². The monoisotopic (exact) mass is 348 g/mol. The van der Waals surface area contributed by atoms with Gasteiger partial charge in [-0.05, 0) is 32.9 Å². The van der Waals surface area contributed by atoms with E-state index in [1.54, 1.807) is 33.2 Å². The molecular formula is C16H20N4O3S. The maximum absolute atomic E-state index is 12.0. The standard InChI is InChI=1S/C16H20N4O3S/c1-16(2,3)23-15(22)20(4)9-13(21)19-14-18-12(10-24-14)11-6-5-7-17-8-11/h5-8,10H,9H2,1-4H3,(H,18,19,21). The average Bonchev–Trinajstić information content (AvgIpc) is 2.94. The van der Waals surface area contributed by atoms with Crippen molar-refractivity contribution in [1.82, 2.24) is 14.9 Å². The molecule has 0 atom stereocenters. The maximum Gasteiger partial charge on any atom is 0.410 e. The number of amides is 2. The van der Waals surface area contributed by atoms with Gasteiger partial charge in [-0.15, -0.1) is 11.3 Å². The first-order valence-electron chi connectivity index (χ1n) is 7.34. The maximum atomic E-state index is 12.0. The van der Waals surface area contributed by atoms with E-state index >= 15 is 0 Å². The Bertz CT molecular complexity index is 710. The molecule has 0 bridgehead atoms. The molecule has 2 amide bonds. The highest BCUT2D eigenvalue weighted by atomic mass is 32.1. The molecule has 1 N–H and O–H groups in total. The first-order chi connectivity index (χ1) is 11.2. The molecule has 0 unspecified atom stereocenters. The summed E-state index contributed by atoms with van der Waals surface area (Å²) in [5.74, 6) is -0.338. The van der Waals surface area contributed by atoms with Gasteiger partial charge in [-0.1, -0.05) is 0 Å². The van der Waals surface area contributed by atoms with Crippen LogP contribution in [-0.2, 0) is 9.53 Å². The smallest absolute Gasteiger partial charge is 0.410 e. The number of pyridine rings is 1. The summed E-state index contributed by atoms with van der Waals surface area (Å²) >= 11 is 1.31. The quantitative estimate of drug-likeness (QED) is 0.918. The molecular weight excluding hydrogens is 328 g/mol. The van der Waals surface area contributed by atoms with E-state index in [2.05, 4.69) is 15.3 Å². The third kappa shape index (κ3) is 5.31. The Balaban J connectivity index is 1.91. The average molecular weight is 348 g/mol. The second kappa shape index (κ2) is 7.39. The Morgan fingerprint density at radius 3 is 2.75 bits per heavy atom. The fourth-order valence-corrected chi connectivity index (χ4v) is 2.49. The van der Waals surface area contributed by atoms with Crippen molar-refractivity contribution in [2.24, 2.45) is 0 Å². The first-order valence-corrected chi connectivity index (χ1v) is 8.22. The summed E-state index contributed by atoms with van der Waals surface area (Å²) in [5, 5.41) is 4.99. The van der Waals surface area contributed by atoms with Gasteiger partial charge in [0, 0.05) is 30.4 Å². The zero-order chi connectivity index (χ0) is 17.7. The van der Waals surface area contributed by atoms with Crippen LogP contribution in [-0.4, -0.2) is 46.1 Å². The summed E-state index contributed by atoms with van der Waals surface area (Å²) in [6.45, 7) is 5.20. The highest BCUT2D eigenvalue weighted by Crippen LogP contribution is 2.24. The Morgan fingerprint density at radius 2 is 2.12 bits per heavy atom. The highest BCUT2D eigenvalue weighted by Gasteiger charge is 2.21. The minimum atomic E-state index is -0.601. The van der Waals surface area contributed by atoms with Crippen LogP contribution in [0, 0.1) is 0 Å². The number of likely N-dealkylation sites (N-methyl/N-ethyl adjacent to an activating group) is 1. The van der Waals surface area contributed by atoms with Crippen molar-refractivity contribution in [2.75, 3.05) is 18.9 Å². The molecule has 128 valence electrons. The van der Waals surface area contributed by atoms with E-state index in [9.17, 15) is 9.59 Å². The van der Waals surface area contributed by atoms with Gasteiger partial charge in [0.1, 0.15) is 12.1 Å². The summed E-state index contributed by atoms with van der Waals surface area (Å²) in [7, 11) is 1.51. The van der Waals surface area contributed by atoms with Crippen molar-refractivity contribution in [3.05, 3.63) is 29.9 Å². The fraction of sp³-hybridized carbons (Fsp3) is 0.375. The van der Waals surface area contributed by atoms with Crippen LogP contribution in [0.1, 0.15) is 20.8 Å². The largest absolute Gasteiger partial charge is 0.444 e. The molecule has 0 radical (unpaired) electrons. The van der Waals surface area contributed by atoms with Gasteiger partial charge in [0.2, 0.25) is 5.91 Å². The van der Waals surface area contributed by atoms with Crippen LogP contribution in [0.2, 0.25) is 0 Å². The molecule has 0 spiro atoms. The van der Waals surface area contributed by atoms with Crippen LogP contribution in [0.3, 0.4) is 0 Å². The minimum Gasteiger partial charge on any atom is -0.444 e. The molecule has 2 heterocycles. The lowest BCUT2D eigenvalue weighted by molar-refractivity contribution is -0.117. The van der Waals surface area contributed by atoms with Crippen LogP contribution in [0.25, 0.3) is 11.3 Å². The third-order valence-electron chi connectivity index (χ3n) is 2.79. The number of carbonyl (C=O) groups is 2. The second-order valence-electron chi connectivity index (χ2n) is 6.16. The normalized spacial score (nSPS) is 11.0. The summed E-state index contributed by atoms with van der Waals surface area (Å²) in [4.78, 5) is 33.5. The Morgan fingerprint density at radius 1 is 1.38 bits per heavy atom. The molecule has 8 heteroatoms. The zero-order valence-electron chi connectivity index (χ0n) is 14.1. The first kappa shape index (κ1) is 17.9. The molecule has 2 aromatic heterocycles. The van der Waals surface area contributed by atoms with E-state index in [0.717, 1.165) is 11.3 Å². The summed E-state index contributed by atoms with van der Waals surface area (Å²) in [6.07, 6.45) is 2.84. The van der Waals surface area contributed by atoms with Crippen LogP contribution >= 0.6 is 11.3 Å². The van der Waals surface area contributed by atoms with Crippen LogP contribution in [0.4, 0.5) is 9.93 Å². The number of thiazole rings is 1. The molecule has 0 saturated carbocycles. The summed E-state index contributed by atoms with van der Waals surface area (Å²) in [5.41, 5.74) is 1.01. The van der Waals surface area contributed by atoms with E-state index in [4.69, 9.17) is 4.74 Å². The molecule has 24 heavy (non-hydrogen) atoms. The lowest BCUT2D eigenvalue weighted by Gasteiger charge is -2.24. The molecule has 0 aliphatic carbocycles. The lowest BCUT2D eigenvalue weighted by Crippen LogP contribution is -2.38. The molecule has 0 aliphatic rings. The molecule has 0 aliphatic heterocycles. The van der Waals surface area contributed by atoms with Crippen molar-refractivity contribution < 1.29 is 14.3 Å². The minimum absolute atomic E-state index is 0.114. The molecule has 0 fully saturated rings. The summed E-state index contributed by atoms with van der Waals surface area (Å²) < 4.78 is 5.20. The fourth-order valence-electron chi connectivity index (χ4n) is 1.76. The van der Waals surface area contributed by atoms with E-state index < -0.39 is 11.7 Å². The Labute approximate surface area is 144 Å². The number of carbonyl (C=O) groups excluding carboxylic acids is 2. The van der Waals surface area contributed by atoms with Gasteiger partial charge in [-0.25, -0.2) is 9.78 Å². The van der Waals surface area contributed by atoms with Gasteiger partial charge in [0.15, 0.2) is 5.13 Å². The highest BCUT2D eigenvalue weighted by molar-refractivity contribution is 7.14. The molecule has 0 aromatic carbocycles. The van der Waals surface area contributed by atoms with Gasteiger partial charge >= 0.3 is 6.09 Å². The van der Waals surface area contributed by atoms with Crippen molar-refractivity contribution in [1.29, 1.82) is 0 Å². The number of anilines is 1. The third-order valence-corrected chi connectivity index (χ3v) is 3.55. The number of nitrogens with zero attached hydrogens (tertiary/aromatic N) is 3. The van der Waals surface area contributed by atoms with Crippen molar-refractivity contribution in [2.45, 2.75) is 26.4 Å². The van der Waals surface area contributed by atoms with Gasteiger partial charge in [0.05, 0.1) is 5.69 Å². The van der Waals surface area contributed by atoms with E-state index in [1.165, 1.54) is 23.3 Å². The Hall–Kier alpha value is -2.48. The van der Waals surface area contributed by atoms with Crippen molar-refractivity contribution in [3.8, 4) is 11.3 Å². The molecule has 7 nitrogen and oxygen atoms in total.